The van der Waals surface area contributed by atoms with E-state index in [9.17, 15) is 13.2 Å². The summed E-state index contributed by atoms with van der Waals surface area (Å²) in [5.41, 5.74) is 1.70. The number of nitrogens with one attached hydrogen (secondary N) is 1. The lowest BCUT2D eigenvalue weighted by Gasteiger charge is -2.33. The molecule has 0 bridgehead atoms. The molecule has 7 nitrogen and oxygen atoms in total. The van der Waals surface area contributed by atoms with Crippen molar-refractivity contribution in [3.8, 4) is 11.5 Å². The van der Waals surface area contributed by atoms with Crippen LogP contribution in [0.1, 0.15) is 18.9 Å². The number of aryl methyl sites for hydroxylation is 1. The SMILES string of the molecule is CCCc1ccc(OCCNC(=O)C2CN(S(C)(=O)=O)c3ccccc3O2)cc1. The highest BCUT2D eigenvalue weighted by atomic mass is 32.2. The lowest BCUT2D eigenvalue weighted by Crippen LogP contribution is -2.51. The van der Waals surface area contributed by atoms with E-state index < -0.39 is 16.1 Å². The van der Waals surface area contributed by atoms with Gasteiger partial charge in [-0.2, -0.15) is 0 Å². The standard InChI is InChI=1S/C21H26N2O5S/c1-3-6-16-9-11-17(12-10-16)27-14-13-22-21(24)20-15-23(29(2,25)26)18-7-4-5-8-19(18)28-20/h4-5,7-12,20H,3,6,13-15H2,1-2H3,(H,22,24). The number of hydrogen-bond donors (Lipinski definition) is 1. The summed E-state index contributed by atoms with van der Waals surface area (Å²) in [6.45, 7) is 2.66. The monoisotopic (exact) mass is 418 g/mol. The Balaban J connectivity index is 1.53. The zero-order chi connectivity index (χ0) is 20.9. The summed E-state index contributed by atoms with van der Waals surface area (Å²) < 4.78 is 36.8. The summed E-state index contributed by atoms with van der Waals surface area (Å²) in [6.07, 6.45) is 2.32. The molecule has 156 valence electrons. The largest absolute Gasteiger partial charge is 0.492 e. The molecule has 0 radical (unpaired) electrons. The van der Waals surface area contributed by atoms with Gasteiger partial charge in [0, 0.05) is 0 Å². The Morgan fingerprint density at radius 3 is 2.62 bits per heavy atom. The van der Waals surface area contributed by atoms with Crippen molar-refractivity contribution in [1.29, 1.82) is 0 Å². The van der Waals surface area contributed by atoms with E-state index in [-0.39, 0.29) is 19.0 Å². The van der Waals surface area contributed by atoms with Crippen LogP contribution in [0, 0.1) is 0 Å². The minimum Gasteiger partial charge on any atom is -0.492 e. The Kier molecular flexibility index (Phi) is 6.64. The topological polar surface area (TPSA) is 84.9 Å². The van der Waals surface area contributed by atoms with Crippen molar-refractivity contribution < 1.29 is 22.7 Å². The summed E-state index contributed by atoms with van der Waals surface area (Å²) in [7, 11) is -3.53. The average molecular weight is 419 g/mol. The van der Waals surface area contributed by atoms with Crippen LogP contribution in [-0.4, -0.2) is 46.4 Å². The van der Waals surface area contributed by atoms with Crippen molar-refractivity contribution >= 4 is 21.6 Å². The van der Waals surface area contributed by atoms with Crippen LogP contribution in [0.25, 0.3) is 0 Å². The van der Waals surface area contributed by atoms with Crippen LogP contribution in [0.3, 0.4) is 0 Å². The maximum absolute atomic E-state index is 12.5. The molecule has 2 aromatic carbocycles. The lowest BCUT2D eigenvalue weighted by atomic mass is 10.1. The van der Waals surface area contributed by atoms with Gasteiger partial charge < -0.3 is 14.8 Å². The Morgan fingerprint density at radius 2 is 1.93 bits per heavy atom. The first-order chi connectivity index (χ1) is 13.9. The van der Waals surface area contributed by atoms with Gasteiger partial charge in [0.25, 0.3) is 5.91 Å². The summed E-state index contributed by atoms with van der Waals surface area (Å²) in [5.74, 6) is 0.730. The number of carbonyl (C=O) groups is 1. The fraction of sp³-hybridized carbons (Fsp3) is 0.381. The van der Waals surface area contributed by atoms with Gasteiger partial charge in [0.1, 0.15) is 18.1 Å². The molecular formula is C21H26N2O5S. The number of fused-ring (bicyclic) bond motifs is 1. The second kappa shape index (κ2) is 9.17. The van der Waals surface area contributed by atoms with Gasteiger partial charge in [0.15, 0.2) is 6.10 Å². The number of anilines is 1. The molecule has 0 aromatic heterocycles. The highest BCUT2D eigenvalue weighted by Crippen LogP contribution is 2.34. The van der Waals surface area contributed by atoms with Gasteiger partial charge in [0.05, 0.1) is 25.0 Å². The van der Waals surface area contributed by atoms with Gasteiger partial charge in [-0.15, -0.1) is 0 Å². The van der Waals surface area contributed by atoms with E-state index >= 15 is 0 Å². The Bertz CT molecular complexity index is 944. The van der Waals surface area contributed by atoms with E-state index in [0.717, 1.165) is 24.8 Å². The maximum atomic E-state index is 12.5. The molecule has 0 saturated carbocycles. The summed E-state index contributed by atoms with van der Waals surface area (Å²) in [5, 5.41) is 2.75. The van der Waals surface area contributed by atoms with Crippen molar-refractivity contribution in [2.45, 2.75) is 25.9 Å². The molecule has 0 fully saturated rings. The first-order valence-electron chi connectivity index (χ1n) is 9.61. The summed E-state index contributed by atoms with van der Waals surface area (Å²) in [4.78, 5) is 12.5. The van der Waals surface area contributed by atoms with E-state index in [4.69, 9.17) is 9.47 Å². The lowest BCUT2D eigenvalue weighted by molar-refractivity contribution is -0.127. The normalized spacial score (nSPS) is 15.9. The van der Waals surface area contributed by atoms with Gasteiger partial charge in [-0.3, -0.25) is 9.10 Å². The van der Waals surface area contributed by atoms with Crippen molar-refractivity contribution in [1.82, 2.24) is 5.32 Å². The van der Waals surface area contributed by atoms with Gasteiger partial charge >= 0.3 is 0 Å². The third kappa shape index (κ3) is 5.41. The highest BCUT2D eigenvalue weighted by Gasteiger charge is 2.34. The third-order valence-electron chi connectivity index (χ3n) is 4.56. The van der Waals surface area contributed by atoms with Crippen LogP contribution in [0.2, 0.25) is 0 Å². The first kappa shape index (κ1) is 21.0. The van der Waals surface area contributed by atoms with Crippen molar-refractivity contribution in [2.24, 2.45) is 0 Å². The second-order valence-electron chi connectivity index (χ2n) is 6.90. The number of amides is 1. The quantitative estimate of drug-likeness (QED) is 0.666. The minimum atomic E-state index is -3.53. The molecule has 1 unspecified atom stereocenters. The van der Waals surface area contributed by atoms with Gasteiger partial charge in [-0.05, 0) is 36.2 Å². The van der Waals surface area contributed by atoms with Gasteiger partial charge in [0.2, 0.25) is 10.0 Å². The molecule has 1 atom stereocenters. The van der Waals surface area contributed by atoms with Crippen LogP contribution in [0.5, 0.6) is 11.5 Å². The Morgan fingerprint density at radius 1 is 1.21 bits per heavy atom. The number of rotatable bonds is 8. The molecule has 1 aliphatic heterocycles. The van der Waals surface area contributed by atoms with Crippen LogP contribution in [-0.2, 0) is 21.2 Å². The molecule has 0 spiro atoms. The molecular weight excluding hydrogens is 392 g/mol. The van der Waals surface area contributed by atoms with E-state index in [1.54, 1.807) is 24.3 Å². The smallest absolute Gasteiger partial charge is 0.263 e. The molecule has 3 rings (SSSR count). The summed E-state index contributed by atoms with van der Waals surface area (Å²) in [6, 6.07) is 14.7. The fourth-order valence-electron chi connectivity index (χ4n) is 3.15. The zero-order valence-corrected chi connectivity index (χ0v) is 17.4. The zero-order valence-electron chi connectivity index (χ0n) is 16.6. The van der Waals surface area contributed by atoms with Crippen molar-refractivity contribution in [3.05, 3.63) is 54.1 Å². The predicted molar refractivity (Wildman–Crippen MR) is 112 cm³/mol. The van der Waals surface area contributed by atoms with Gasteiger partial charge in [-0.25, -0.2) is 8.42 Å². The third-order valence-corrected chi connectivity index (χ3v) is 5.71. The molecule has 0 saturated heterocycles. The van der Waals surface area contributed by atoms with Crippen LogP contribution >= 0.6 is 0 Å². The number of nitrogens with zero attached hydrogens (tertiary/aromatic N) is 1. The number of carbonyl (C=O) groups excluding carboxylic acids is 1. The molecule has 8 heteroatoms. The van der Waals surface area contributed by atoms with Crippen LogP contribution in [0.15, 0.2) is 48.5 Å². The van der Waals surface area contributed by atoms with E-state index in [2.05, 4.69) is 12.2 Å². The number of ether oxygens (including phenoxy) is 2. The first-order valence-corrected chi connectivity index (χ1v) is 11.5. The predicted octanol–water partition coefficient (Wildman–Crippen LogP) is 2.36. The highest BCUT2D eigenvalue weighted by molar-refractivity contribution is 7.92. The van der Waals surface area contributed by atoms with Crippen LogP contribution in [0.4, 0.5) is 5.69 Å². The fourth-order valence-corrected chi connectivity index (χ4v) is 4.07. The average Bonchev–Trinajstić information content (AvgIpc) is 2.71. The number of benzene rings is 2. The molecule has 0 aliphatic carbocycles. The minimum absolute atomic E-state index is 0.0680. The van der Waals surface area contributed by atoms with E-state index in [1.807, 2.05) is 24.3 Å². The summed E-state index contributed by atoms with van der Waals surface area (Å²) >= 11 is 0. The van der Waals surface area contributed by atoms with Crippen molar-refractivity contribution in [3.63, 3.8) is 0 Å². The van der Waals surface area contributed by atoms with E-state index in [1.165, 1.54) is 9.87 Å². The molecule has 1 N–H and O–H groups in total. The molecule has 2 aromatic rings. The van der Waals surface area contributed by atoms with Crippen molar-refractivity contribution in [2.75, 3.05) is 30.3 Å². The number of sulfonamides is 1. The molecule has 29 heavy (non-hydrogen) atoms. The Labute approximate surface area is 171 Å². The Hall–Kier alpha value is -2.74. The van der Waals surface area contributed by atoms with E-state index in [0.29, 0.717) is 18.0 Å². The maximum Gasteiger partial charge on any atom is 0.263 e. The molecule has 1 heterocycles. The van der Waals surface area contributed by atoms with Gasteiger partial charge in [-0.1, -0.05) is 37.6 Å². The molecule has 1 amide bonds. The van der Waals surface area contributed by atoms with Crippen LogP contribution < -0.4 is 19.1 Å². The second-order valence-corrected chi connectivity index (χ2v) is 8.81. The number of hydrogen-bond acceptors (Lipinski definition) is 5. The molecule has 1 aliphatic rings. The number of para-hydroxylation sites is 2.